The van der Waals surface area contributed by atoms with E-state index in [1.54, 1.807) is 0 Å². The Kier molecular flexibility index (Phi) is 5.73. The fourth-order valence-corrected chi connectivity index (χ4v) is 2.42. The molecule has 0 spiro atoms. The van der Waals surface area contributed by atoms with Crippen LogP contribution in [0.2, 0.25) is 0 Å². The summed E-state index contributed by atoms with van der Waals surface area (Å²) in [4.78, 5) is 16.4. The van der Waals surface area contributed by atoms with Gasteiger partial charge in [0.2, 0.25) is 5.91 Å². The molecule has 3 nitrogen and oxygen atoms in total. The summed E-state index contributed by atoms with van der Waals surface area (Å²) in [6.45, 7) is 4.42. The van der Waals surface area contributed by atoms with Gasteiger partial charge in [-0.1, -0.05) is 51.3 Å². The molecule has 1 unspecified atom stereocenters. The van der Waals surface area contributed by atoms with E-state index in [0.29, 0.717) is 18.2 Å². The fourth-order valence-electron chi connectivity index (χ4n) is 2.42. The number of para-hydroxylation sites is 1. The summed E-state index contributed by atoms with van der Waals surface area (Å²) in [6.07, 6.45) is 5.18. The predicted octanol–water partition coefficient (Wildman–Crippen LogP) is 4.78. The molecule has 1 atom stereocenters. The first kappa shape index (κ1) is 15.5. The summed E-state index contributed by atoms with van der Waals surface area (Å²) in [6, 6.07) is 11.8. The summed E-state index contributed by atoms with van der Waals surface area (Å²) in [5, 5.41) is 3.98. The Bertz CT molecular complexity index is 595. The maximum atomic E-state index is 12.0. The van der Waals surface area contributed by atoms with Crippen LogP contribution in [0, 0.1) is 5.92 Å². The smallest absolute Gasteiger partial charge is 0.225 e. The number of carbonyl (C=O) groups is 1. The van der Waals surface area contributed by atoms with Crippen LogP contribution in [-0.4, -0.2) is 10.9 Å². The van der Waals surface area contributed by atoms with E-state index in [0.717, 1.165) is 17.3 Å². The Morgan fingerprint density at radius 1 is 1.19 bits per heavy atom. The molecule has 3 heteroatoms. The number of amides is 1. The number of hydrogen-bond acceptors (Lipinski definition) is 2. The Hall–Kier alpha value is -1.90. The zero-order valence-corrected chi connectivity index (χ0v) is 12.9. The van der Waals surface area contributed by atoms with Crippen molar-refractivity contribution in [2.75, 3.05) is 5.32 Å². The van der Waals surface area contributed by atoms with Gasteiger partial charge < -0.3 is 5.32 Å². The molecule has 1 amide bonds. The summed E-state index contributed by atoms with van der Waals surface area (Å²) >= 11 is 0. The minimum atomic E-state index is 0.0566. The molecule has 0 aliphatic carbocycles. The van der Waals surface area contributed by atoms with E-state index in [4.69, 9.17) is 0 Å². The number of nitrogens with zero attached hydrogens (tertiary/aromatic N) is 1. The van der Waals surface area contributed by atoms with Crippen LogP contribution in [0.25, 0.3) is 10.9 Å². The van der Waals surface area contributed by atoms with Crippen molar-refractivity contribution in [1.29, 1.82) is 0 Å². The molecule has 1 aromatic carbocycles. The lowest BCUT2D eigenvalue weighted by Gasteiger charge is -2.10. The number of rotatable bonds is 7. The number of unbranched alkanes of at least 4 members (excludes halogenated alkanes) is 1. The molecule has 2 rings (SSSR count). The quantitative estimate of drug-likeness (QED) is 0.795. The molecule has 0 bridgehead atoms. The van der Waals surface area contributed by atoms with Gasteiger partial charge in [0, 0.05) is 11.8 Å². The van der Waals surface area contributed by atoms with Crippen LogP contribution < -0.4 is 5.32 Å². The van der Waals surface area contributed by atoms with E-state index >= 15 is 0 Å². The number of pyridine rings is 1. The van der Waals surface area contributed by atoms with E-state index in [9.17, 15) is 4.79 Å². The first-order valence-electron chi connectivity index (χ1n) is 7.84. The van der Waals surface area contributed by atoms with Crippen LogP contribution in [0.5, 0.6) is 0 Å². The van der Waals surface area contributed by atoms with Crippen LogP contribution in [-0.2, 0) is 4.79 Å². The van der Waals surface area contributed by atoms with Gasteiger partial charge >= 0.3 is 0 Å². The first-order chi connectivity index (χ1) is 10.2. The van der Waals surface area contributed by atoms with E-state index in [2.05, 4.69) is 24.1 Å². The highest BCUT2D eigenvalue weighted by molar-refractivity contribution is 5.91. The second-order valence-electron chi connectivity index (χ2n) is 5.72. The van der Waals surface area contributed by atoms with Crippen molar-refractivity contribution in [3.8, 4) is 0 Å². The molecule has 0 aliphatic rings. The summed E-state index contributed by atoms with van der Waals surface area (Å²) in [5.74, 6) is 1.31. The normalized spacial score (nSPS) is 12.3. The van der Waals surface area contributed by atoms with Crippen molar-refractivity contribution < 1.29 is 4.79 Å². The number of nitrogens with one attached hydrogen (secondary N) is 1. The zero-order chi connectivity index (χ0) is 15.1. The number of hydrogen-bond donors (Lipinski definition) is 1. The number of aromatic nitrogens is 1. The lowest BCUT2D eigenvalue weighted by molar-refractivity contribution is -0.116. The van der Waals surface area contributed by atoms with Crippen LogP contribution in [0.15, 0.2) is 36.4 Å². The molecule has 1 aromatic heterocycles. The van der Waals surface area contributed by atoms with E-state index in [1.165, 1.54) is 19.3 Å². The lowest BCUT2D eigenvalue weighted by atomic mass is 9.99. The Morgan fingerprint density at radius 2 is 2.00 bits per heavy atom. The molecule has 0 aliphatic heterocycles. The number of fused-ring (bicyclic) bond motifs is 1. The van der Waals surface area contributed by atoms with Gasteiger partial charge in [-0.25, -0.2) is 4.98 Å². The van der Waals surface area contributed by atoms with Crippen molar-refractivity contribution in [1.82, 2.24) is 4.98 Å². The molecule has 1 heterocycles. The number of benzene rings is 1. The largest absolute Gasteiger partial charge is 0.311 e. The van der Waals surface area contributed by atoms with Crippen LogP contribution >= 0.6 is 0 Å². The monoisotopic (exact) mass is 284 g/mol. The molecular weight excluding hydrogens is 260 g/mol. The molecule has 1 N–H and O–H groups in total. The van der Waals surface area contributed by atoms with Gasteiger partial charge in [-0.3, -0.25) is 4.79 Å². The number of anilines is 1. The minimum absolute atomic E-state index is 0.0566. The first-order valence-corrected chi connectivity index (χ1v) is 7.84. The second-order valence-corrected chi connectivity index (χ2v) is 5.72. The van der Waals surface area contributed by atoms with Gasteiger partial charge in [-0.05, 0) is 30.5 Å². The average Bonchev–Trinajstić information content (AvgIpc) is 2.50. The topological polar surface area (TPSA) is 42.0 Å². The van der Waals surface area contributed by atoms with Crippen molar-refractivity contribution in [3.63, 3.8) is 0 Å². The third kappa shape index (κ3) is 4.85. The summed E-state index contributed by atoms with van der Waals surface area (Å²) < 4.78 is 0. The maximum Gasteiger partial charge on any atom is 0.225 e. The second kappa shape index (κ2) is 7.77. The third-order valence-corrected chi connectivity index (χ3v) is 3.78. The third-order valence-electron chi connectivity index (χ3n) is 3.78. The summed E-state index contributed by atoms with van der Waals surface area (Å²) in [5.41, 5.74) is 0.909. The molecule has 0 saturated heterocycles. The highest BCUT2D eigenvalue weighted by atomic mass is 16.1. The highest BCUT2D eigenvalue weighted by Gasteiger charge is 2.08. The van der Waals surface area contributed by atoms with Crippen LogP contribution in [0.1, 0.15) is 46.0 Å². The van der Waals surface area contributed by atoms with Gasteiger partial charge in [-0.2, -0.15) is 0 Å². The molecular formula is C18H24N2O. The molecule has 0 fully saturated rings. The zero-order valence-electron chi connectivity index (χ0n) is 12.9. The molecule has 112 valence electrons. The van der Waals surface area contributed by atoms with Crippen molar-refractivity contribution in [2.24, 2.45) is 5.92 Å². The maximum absolute atomic E-state index is 12.0. The van der Waals surface area contributed by atoms with Crippen LogP contribution in [0.4, 0.5) is 5.82 Å². The minimum Gasteiger partial charge on any atom is -0.311 e. The number of carbonyl (C=O) groups excluding carboxylic acids is 1. The van der Waals surface area contributed by atoms with Crippen molar-refractivity contribution in [3.05, 3.63) is 36.4 Å². The standard InChI is InChI=1S/C18H24N2O/c1-3-4-7-14(2)10-13-18(21)20-17-12-11-15-8-5-6-9-16(15)19-17/h5-6,8-9,11-12,14H,3-4,7,10,13H2,1-2H3,(H,19,20,21). The van der Waals surface area contributed by atoms with Gasteiger partial charge in [0.15, 0.2) is 0 Å². The highest BCUT2D eigenvalue weighted by Crippen LogP contribution is 2.16. The predicted molar refractivity (Wildman–Crippen MR) is 88.3 cm³/mol. The molecule has 2 aromatic rings. The fraction of sp³-hybridized carbons (Fsp3) is 0.444. The Morgan fingerprint density at radius 3 is 2.81 bits per heavy atom. The van der Waals surface area contributed by atoms with E-state index in [1.807, 2.05) is 36.4 Å². The molecule has 0 saturated carbocycles. The molecule has 0 radical (unpaired) electrons. The SMILES string of the molecule is CCCCC(C)CCC(=O)Nc1ccc2ccccc2n1. The van der Waals surface area contributed by atoms with Crippen molar-refractivity contribution >= 4 is 22.6 Å². The van der Waals surface area contributed by atoms with Crippen molar-refractivity contribution in [2.45, 2.75) is 46.0 Å². The molecule has 21 heavy (non-hydrogen) atoms. The van der Waals surface area contributed by atoms with Gasteiger partial charge in [0.05, 0.1) is 5.52 Å². The van der Waals surface area contributed by atoms with Crippen LogP contribution in [0.3, 0.4) is 0 Å². The summed E-state index contributed by atoms with van der Waals surface area (Å²) in [7, 11) is 0. The lowest BCUT2D eigenvalue weighted by Crippen LogP contribution is -2.13. The van der Waals surface area contributed by atoms with Gasteiger partial charge in [0.25, 0.3) is 0 Å². The van der Waals surface area contributed by atoms with Gasteiger partial charge in [-0.15, -0.1) is 0 Å². The Labute approximate surface area is 126 Å². The van der Waals surface area contributed by atoms with E-state index < -0.39 is 0 Å². The average molecular weight is 284 g/mol. The Balaban J connectivity index is 1.86. The van der Waals surface area contributed by atoms with Gasteiger partial charge in [0.1, 0.15) is 5.82 Å². The van der Waals surface area contributed by atoms with E-state index in [-0.39, 0.29) is 5.91 Å².